The van der Waals surface area contributed by atoms with Crippen LogP contribution in [0.15, 0.2) is 97.6 Å². The average Bonchev–Trinajstić information content (AvgIpc) is 3.27. The summed E-state index contributed by atoms with van der Waals surface area (Å²) in [5.74, 6) is 0.234. The van der Waals surface area contributed by atoms with Crippen LogP contribution >= 0.6 is 23.2 Å². The number of aliphatic hydroxyl groups excluding tert-OH is 1. The number of Topliss-reactive ketones (excluding diaryl/α,β-unsaturated/α-hetero) is 1. The van der Waals surface area contributed by atoms with Crippen molar-refractivity contribution in [3.8, 4) is 40.2 Å². The van der Waals surface area contributed by atoms with E-state index in [1.807, 2.05) is 51.1 Å². The summed E-state index contributed by atoms with van der Waals surface area (Å²) in [6.45, 7) is 9.12. The quantitative estimate of drug-likeness (QED) is 0.0745. The summed E-state index contributed by atoms with van der Waals surface area (Å²) >= 11 is 13.4. The van der Waals surface area contributed by atoms with E-state index in [1.165, 1.54) is 20.0 Å². The molecular weight excluding hydrogens is 841 g/mol. The number of ether oxygens (including phenoxy) is 4. The first kappa shape index (κ1) is 46.1. The van der Waals surface area contributed by atoms with Crippen LogP contribution in [0.25, 0.3) is 11.1 Å². The second-order valence-corrected chi connectivity index (χ2v) is 16.5. The van der Waals surface area contributed by atoms with Crippen LogP contribution in [0.4, 0.5) is 0 Å². The Balaban J connectivity index is 1.20. The minimum atomic E-state index is -1.37. The van der Waals surface area contributed by atoms with Crippen LogP contribution in [-0.2, 0) is 37.6 Å². The molecule has 324 valence electrons. The summed E-state index contributed by atoms with van der Waals surface area (Å²) in [7, 11) is 0. The molecule has 0 bridgehead atoms. The lowest BCUT2D eigenvalue weighted by molar-refractivity contribution is -0.150. The Kier molecular flexibility index (Phi) is 15.1. The molecule has 2 aromatic heterocycles. The summed E-state index contributed by atoms with van der Waals surface area (Å²) in [5, 5.41) is 29.6. The average molecular weight is 889 g/mol. The summed E-state index contributed by atoms with van der Waals surface area (Å²) < 4.78 is 24.9. The van der Waals surface area contributed by atoms with E-state index < -0.39 is 18.0 Å². The number of nitriles is 1. The highest BCUT2D eigenvalue weighted by molar-refractivity contribution is 6.32. The summed E-state index contributed by atoms with van der Waals surface area (Å²) in [6, 6.07) is 24.4. The Morgan fingerprint density at radius 2 is 1.24 bits per heavy atom. The number of aliphatic hydroxyl groups is 1. The molecule has 0 aliphatic carbocycles. The van der Waals surface area contributed by atoms with Crippen molar-refractivity contribution in [3.05, 3.63) is 163 Å². The number of aryl methyl sites for hydroxylation is 2. The van der Waals surface area contributed by atoms with Gasteiger partial charge in [-0.1, -0.05) is 59.6 Å². The highest BCUT2D eigenvalue weighted by Crippen LogP contribution is 2.38. The zero-order valence-corrected chi connectivity index (χ0v) is 37.1. The third kappa shape index (κ3) is 11.3. The van der Waals surface area contributed by atoms with Crippen LogP contribution in [0, 0.1) is 37.5 Å². The molecular formula is C50H47Cl2N3O8. The van der Waals surface area contributed by atoms with Crippen LogP contribution in [0.2, 0.25) is 10.0 Å². The van der Waals surface area contributed by atoms with Gasteiger partial charge >= 0.3 is 5.97 Å². The molecule has 63 heavy (non-hydrogen) atoms. The lowest BCUT2D eigenvalue weighted by atomic mass is 9.85. The lowest BCUT2D eigenvalue weighted by Crippen LogP contribution is -2.32. The van der Waals surface area contributed by atoms with Crippen LogP contribution in [-0.4, -0.2) is 38.5 Å². The first-order valence-corrected chi connectivity index (χ1v) is 20.9. The molecule has 11 nitrogen and oxygen atoms in total. The van der Waals surface area contributed by atoms with Crippen molar-refractivity contribution in [3.63, 3.8) is 0 Å². The van der Waals surface area contributed by atoms with Crippen LogP contribution in [0.5, 0.6) is 23.0 Å². The van der Waals surface area contributed by atoms with Crippen LogP contribution in [0.1, 0.15) is 80.7 Å². The second kappa shape index (κ2) is 20.6. The molecule has 0 radical (unpaired) electrons. The number of ketones is 1. The minimum absolute atomic E-state index is 0.0820. The maximum absolute atomic E-state index is 12.5. The smallest absolute Gasteiger partial charge is 0.311 e. The van der Waals surface area contributed by atoms with E-state index in [-0.39, 0.29) is 45.1 Å². The largest absolute Gasteiger partial charge is 0.488 e. The van der Waals surface area contributed by atoms with Crippen molar-refractivity contribution in [2.45, 2.75) is 73.9 Å². The number of carbonyl (C=O) groups is 2. The van der Waals surface area contributed by atoms with Gasteiger partial charge in [0.2, 0.25) is 0 Å². The van der Waals surface area contributed by atoms with E-state index in [9.17, 15) is 25.1 Å². The van der Waals surface area contributed by atoms with Gasteiger partial charge in [-0.3, -0.25) is 19.6 Å². The Morgan fingerprint density at radius 3 is 1.79 bits per heavy atom. The van der Waals surface area contributed by atoms with E-state index in [0.717, 1.165) is 44.5 Å². The summed E-state index contributed by atoms with van der Waals surface area (Å²) in [5.41, 5.74) is 8.42. The highest BCUT2D eigenvalue weighted by atomic mass is 35.5. The second-order valence-electron chi connectivity index (χ2n) is 15.6. The molecule has 0 fully saturated rings. The molecule has 0 aliphatic heterocycles. The zero-order chi connectivity index (χ0) is 45.3. The van der Waals surface area contributed by atoms with Gasteiger partial charge in [-0.05, 0) is 116 Å². The number of hydrogen-bond acceptors (Lipinski definition) is 10. The maximum Gasteiger partial charge on any atom is 0.311 e. The molecule has 6 rings (SSSR count). The van der Waals surface area contributed by atoms with Crippen molar-refractivity contribution >= 4 is 35.0 Å². The fourth-order valence-electron chi connectivity index (χ4n) is 6.94. The predicted molar refractivity (Wildman–Crippen MR) is 241 cm³/mol. The van der Waals surface area contributed by atoms with Gasteiger partial charge in [0.05, 0.1) is 33.2 Å². The molecule has 0 aliphatic rings. The van der Waals surface area contributed by atoms with Gasteiger partial charge in [0.1, 0.15) is 55.5 Å². The fourth-order valence-corrected chi connectivity index (χ4v) is 7.40. The number of aromatic nitrogens is 2. The zero-order valence-electron chi connectivity index (χ0n) is 35.6. The van der Waals surface area contributed by atoms with Crippen LogP contribution < -0.4 is 18.9 Å². The van der Waals surface area contributed by atoms with E-state index in [1.54, 1.807) is 48.9 Å². The standard InChI is InChI=1S/C50H47Cl2N3O8/c1-30-14-35(23-54-21-30)25-61-46-19-48(44(52)17-42(46)33(4)57)63-28-39-9-7-11-41(32(39)3)40-10-6-8-38(31(40)2)27-62-47-18-45(60-26-36-15-34(20-53)22-55-24-36)37(16-43(47)51)12-13-50(5,29-56)49(58)59/h6-11,14-19,21-24,56H,12-13,25-29H2,1-5H3,(H,58,59)/t50-/m1/s1. The van der Waals surface area contributed by atoms with E-state index in [2.05, 4.69) is 28.2 Å². The number of carboxylic acid groups (broad SMARTS) is 1. The molecule has 2 N–H and O–H groups in total. The van der Waals surface area contributed by atoms with Gasteiger partial charge in [-0.2, -0.15) is 5.26 Å². The molecule has 4 aromatic carbocycles. The molecule has 0 amide bonds. The van der Waals surface area contributed by atoms with Gasteiger partial charge in [-0.25, -0.2) is 0 Å². The van der Waals surface area contributed by atoms with Gasteiger partial charge in [0.25, 0.3) is 0 Å². The molecule has 0 unspecified atom stereocenters. The lowest BCUT2D eigenvalue weighted by Gasteiger charge is -2.23. The monoisotopic (exact) mass is 887 g/mol. The molecule has 0 saturated carbocycles. The number of halogens is 2. The third-order valence-electron chi connectivity index (χ3n) is 10.9. The van der Waals surface area contributed by atoms with E-state index >= 15 is 0 Å². The molecule has 6 aromatic rings. The fraction of sp³-hybridized carbons (Fsp3) is 0.260. The molecule has 13 heteroatoms. The number of carbonyl (C=O) groups excluding carboxylic acids is 1. The summed E-state index contributed by atoms with van der Waals surface area (Å²) in [6.07, 6.45) is 6.92. The van der Waals surface area contributed by atoms with Crippen LogP contribution in [0.3, 0.4) is 0 Å². The van der Waals surface area contributed by atoms with Crippen molar-refractivity contribution < 1.29 is 38.7 Å². The first-order valence-electron chi connectivity index (χ1n) is 20.1. The number of hydrogen-bond donors (Lipinski definition) is 2. The number of rotatable bonds is 19. The minimum Gasteiger partial charge on any atom is -0.488 e. The van der Waals surface area contributed by atoms with Crippen molar-refractivity contribution in [1.29, 1.82) is 5.26 Å². The molecule has 0 saturated heterocycles. The number of benzene rings is 4. The van der Waals surface area contributed by atoms with Crippen molar-refractivity contribution in [2.75, 3.05) is 6.61 Å². The predicted octanol–water partition coefficient (Wildman–Crippen LogP) is 10.8. The van der Waals surface area contributed by atoms with Gasteiger partial charge in [0, 0.05) is 48.0 Å². The molecule has 0 spiro atoms. The van der Waals surface area contributed by atoms with Gasteiger partial charge in [-0.15, -0.1) is 0 Å². The number of nitrogens with zero attached hydrogens (tertiary/aromatic N) is 3. The highest BCUT2D eigenvalue weighted by Gasteiger charge is 2.32. The number of pyridine rings is 2. The topological polar surface area (TPSA) is 161 Å². The molecule has 2 heterocycles. The van der Waals surface area contributed by atoms with Crippen molar-refractivity contribution in [2.24, 2.45) is 5.41 Å². The number of carboxylic acids is 1. The Labute approximate surface area is 376 Å². The van der Waals surface area contributed by atoms with E-state index in [0.29, 0.717) is 55.3 Å². The van der Waals surface area contributed by atoms with Gasteiger partial charge < -0.3 is 29.2 Å². The first-order chi connectivity index (χ1) is 30.2. The Hall–Kier alpha value is -6.45. The van der Waals surface area contributed by atoms with Crippen molar-refractivity contribution in [1.82, 2.24) is 9.97 Å². The molecule has 1 atom stereocenters. The number of aliphatic carboxylic acids is 1. The maximum atomic E-state index is 12.5. The van der Waals surface area contributed by atoms with Gasteiger partial charge in [0.15, 0.2) is 5.78 Å². The third-order valence-corrected chi connectivity index (χ3v) is 11.5. The Morgan fingerprint density at radius 1 is 0.698 bits per heavy atom. The normalized spacial score (nSPS) is 11.9. The Bertz CT molecular complexity index is 2700. The summed E-state index contributed by atoms with van der Waals surface area (Å²) in [4.78, 5) is 32.8. The van der Waals surface area contributed by atoms with E-state index in [4.69, 9.17) is 42.1 Å². The SMILES string of the molecule is CC(=O)c1cc(Cl)c(OCc2cccc(-c3cccc(COc4cc(OCc5cncc(C#N)c5)c(CC[C@](C)(CO)C(=O)O)cc4Cl)c3C)c2C)cc1OCc1cncc(C)c1.